The van der Waals surface area contributed by atoms with Crippen molar-refractivity contribution in [3.63, 3.8) is 0 Å². The minimum atomic E-state index is -1.06. The van der Waals surface area contributed by atoms with E-state index >= 15 is 0 Å². The summed E-state index contributed by atoms with van der Waals surface area (Å²) in [5.41, 5.74) is 4.27. The van der Waals surface area contributed by atoms with Crippen molar-refractivity contribution < 1.29 is 13.6 Å². The lowest BCUT2D eigenvalue weighted by atomic mass is 9.95. The van der Waals surface area contributed by atoms with Crippen molar-refractivity contribution >= 4 is 17.5 Å². The summed E-state index contributed by atoms with van der Waals surface area (Å²) < 4.78 is 23.0. The second-order valence-corrected chi connectivity index (χ2v) is 11.6. The highest BCUT2D eigenvalue weighted by molar-refractivity contribution is 6.16. The van der Waals surface area contributed by atoms with E-state index in [0.29, 0.717) is 40.1 Å². The molecule has 0 amide bonds. The lowest BCUT2D eigenvalue weighted by Crippen LogP contribution is -2.29. The Bertz CT molecular complexity index is 1870. The summed E-state index contributed by atoms with van der Waals surface area (Å²) in [6, 6.07) is 14.5. The monoisotopic (exact) mass is 588 g/mol. The number of hydrogen-bond donors (Lipinski definition) is 1. The van der Waals surface area contributed by atoms with E-state index < -0.39 is 12.0 Å². The summed E-state index contributed by atoms with van der Waals surface area (Å²) in [6.07, 6.45) is 11.1. The van der Waals surface area contributed by atoms with Crippen LogP contribution in [-0.2, 0) is 11.2 Å². The standard InChI is InChI=1S/C33H29FN8O2/c34-26-12-6-11-23-24(26)15-27(43)31(37-28(23)19-7-2-1-3-8-19)38-33-40-39-32(44-33)25-18-42(22-9-4-5-10-22)41-29(25)21-16-35-30(36-17-21)20-13-14-20/h1-3,6-8,11-12,16-18,20,22,31H,4-5,9-10,13-15H2,(H,38,40)/t31-/m1/s1. The maximum Gasteiger partial charge on any atom is 0.317 e. The predicted octanol–water partition coefficient (Wildman–Crippen LogP) is 5.92. The van der Waals surface area contributed by atoms with Crippen LogP contribution in [0, 0.1) is 5.82 Å². The van der Waals surface area contributed by atoms with Gasteiger partial charge in [-0.15, -0.1) is 5.10 Å². The zero-order valence-corrected chi connectivity index (χ0v) is 23.9. The number of aliphatic imine (C=N–C) groups is 1. The van der Waals surface area contributed by atoms with E-state index in [9.17, 15) is 9.18 Å². The molecule has 11 heteroatoms. The van der Waals surface area contributed by atoms with Gasteiger partial charge >= 0.3 is 6.01 Å². The molecule has 3 aliphatic rings. The Morgan fingerprint density at radius 2 is 1.68 bits per heavy atom. The van der Waals surface area contributed by atoms with E-state index in [1.807, 2.05) is 53.6 Å². The number of carbonyl (C=O) groups excluding carboxylic acids is 1. The zero-order valence-electron chi connectivity index (χ0n) is 23.9. The lowest BCUT2D eigenvalue weighted by molar-refractivity contribution is -0.119. The second kappa shape index (κ2) is 10.9. The minimum absolute atomic E-state index is 0.0286. The third-order valence-electron chi connectivity index (χ3n) is 8.57. The number of Topliss-reactive ketones (excluding diaryl/α,β-unsaturated/α-hetero) is 1. The molecule has 10 nitrogen and oxygen atoms in total. The highest BCUT2D eigenvalue weighted by atomic mass is 19.1. The van der Waals surface area contributed by atoms with Crippen LogP contribution in [0.3, 0.4) is 0 Å². The molecular formula is C33H29FN8O2. The highest BCUT2D eigenvalue weighted by Gasteiger charge is 2.31. The summed E-state index contributed by atoms with van der Waals surface area (Å²) in [5, 5.41) is 16.5. The molecule has 2 fully saturated rings. The molecule has 0 saturated heterocycles. The number of aromatic nitrogens is 6. The van der Waals surface area contributed by atoms with Gasteiger partial charge in [0.15, 0.2) is 11.9 Å². The van der Waals surface area contributed by atoms with Crippen LogP contribution in [0.5, 0.6) is 0 Å². The Hall–Kier alpha value is -5.06. The third-order valence-corrected chi connectivity index (χ3v) is 8.57. The fourth-order valence-electron chi connectivity index (χ4n) is 6.08. The Kier molecular flexibility index (Phi) is 6.58. The van der Waals surface area contributed by atoms with Gasteiger partial charge in [0.1, 0.15) is 17.3 Å². The number of nitrogens with one attached hydrogen (secondary N) is 1. The van der Waals surface area contributed by atoms with Crippen molar-refractivity contribution in [3.05, 3.63) is 95.5 Å². The Morgan fingerprint density at radius 1 is 0.886 bits per heavy atom. The summed E-state index contributed by atoms with van der Waals surface area (Å²) in [7, 11) is 0. The van der Waals surface area contributed by atoms with Gasteiger partial charge in [0, 0.05) is 53.2 Å². The van der Waals surface area contributed by atoms with Gasteiger partial charge in [-0.1, -0.05) is 60.4 Å². The van der Waals surface area contributed by atoms with Crippen LogP contribution in [0.4, 0.5) is 10.4 Å². The number of nitrogens with zero attached hydrogens (tertiary/aromatic N) is 7. The van der Waals surface area contributed by atoms with Crippen molar-refractivity contribution in [1.82, 2.24) is 29.9 Å². The topological polar surface area (TPSA) is 124 Å². The van der Waals surface area contributed by atoms with Crippen LogP contribution in [0.15, 0.2) is 76.5 Å². The molecule has 5 aromatic rings. The average Bonchev–Trinajstić information content (AvgIpc) is 3.39. The fraction of sp³-hybridized carbons (Fsp3) is 0.303. The van der Waals surface area contributed by atoms with Crippen molar-refractivity contribution in [2.24, 2.45) is 4.99 Å². The molecule has 1 aliphatic heterocycles. The summed E-state index contributed by atoms with van der Waals surface area (Å²) in [5.74, 6) is 0.803. The van der Waals surface area contributed by atoms with Crippen LogP contribution < -0.4 is 5.32 Å². The number of benzene rings is 2. The molecule has 1 N–H and O–H groups in total. The van der Waals surface area contributed by atoms with Crippen LogP contribution in [-0.4, -0.2) is 47.6 Å². The fourth-order valence-corrected chi connectivity index (χ4v) is 6.08. The molecule has 0 bridgehead atoms. The van der Waals surface area contributed by atoms with Crippen LogP contribution >= 0.6 is 0 Å². The highest BCUT2D eigenvalue weighted by Crippen LogP contribution is 2.39. The first-order chi connectivity index (χ1) is 21.6. The number of fused-ring (bicyclic) bond motifs is 1. The van der Waals surface area contributed by atoms with Gasteiger partial charge in [0.25, 0.3) is 5.89 Å². The molecule has 0 radical (unpaired) electrons. The maximum atomic E-state index is 14.9. The van der Waals surface area contributed by atoms with E-state index in [2.05, 4.69) is 25.5 Å². The van der Waals surface area contributed by atoms with Gasteiger partial charge in [-0.2, -0.15) is 5.10 Å². The lowest BCUT2D eigenvalue weighted by Gasteiger charge is -2.11. The van der Waals surface area contributed by atoms with Crippen molar-refractivity contribution in [1.29, 1.82) is 0 Å². The van der Waals surface area contributed by atoms with Gasteiger partial charge in [-0.05, 0) is 31.7 Å². The number of ketones is 1. The summed E-state index contributed by atoms with van der Waals surface area (Å²) in [4.78, 5) is 27.4. The van der Waals surface area contributed by atoms with Crippen LogP contribution in [0.1, 0.15) is 73.0 Å². The van der Waals surface area contributed by atoms with Crippen molar-refractivity contribution in [2.45, 2.75) is 63.1 Å². The average molecular weight is 589 g/mol. The zero-order chi connectivity index (χ0) is 29.6. The maximum absolute atomic E-state index is 14.9. The Balaban J connectivity index is 1.13. The minimum Gasteiger partial charge on any atom is -0.403 e. The van der Waals surface area contributed by atoms with E-state index in [-0.39, 0.29) is 24.1 Å². The van der Waals surface area contributed by atoms with Gasteiger partial charge < -0.3 is 9.73 Å². The molecule has 44 heavy (non-hydrogen) atoms. The van der Waals surface area contributed by atoms with Crippen LogP contribution in [0.2, 0.25) is 0 Å². The number of anilines is 1. The van der Waals surface area contributed by atoms with Crippen LogP contribution in [0.25, 0.3) is 22.7 Å². The van der Waals surface area contributed by atoms with Gasteiger partial charge in [-0.3, -0.25) is 14.5 Å². The molecule has 2 saturated carbocycles. The van der Waals surface area contributed by atoms with E-state index in [4.69, 9.17) is 14.5 Å². The largest absolute Gasteiger partial charge is 0.403 e. The smallest absolute Gasteiger partial charge is 0.317 e. The van der Waals surface area contributed by atoms with E-state index in [0.717, 1.165) is 55.5 Å². The molecular weight excluding hydrogens is 559 g/mol. The normalized spacial score (nSPS) is 18.6. The summed E-state index contributed by atoms with van der Waals surface area (Å²) >= 11 is 0. The van der Waals surface area contributed by atoms with Crippen molar-refractivity contribution in [2.75, 3.05) is 5.32 Å². The van der Waals surface area contributed by atoms with Gasteiger partial charge in [0.05, 0.1) is 17.3 Å². The Morgan fingerprint density at radius 3 is 2.45 bits per heavy atom. The molecule has 0 spiro atoms. The second-order valence-electron chi connectivity index (χ2n) is 11.6. The van der Waals surface area contributed by atoms with E-state index in [1.165, 1.54) is 6.07 Å². The number of hydrogen-bond acceptors (Lipinski definition) is 9. The van der Waals surface area contributed by atoms with E-state index in [1.54, 1.807) is 12.1 Å². The predicted molar refractivity (Wildman–Crippen MR) is 161 cm³/mol. The first-order valence-corrected chi connectivity index (χ1v) is 15.1. The molecule has 2 aromatic carbocycles. The molecule has 4 heterocycles. The molecule has 3 aromatic heterocycles. The quantitative estimate of drug-likeness (QED) is 0.248. The molecule has 2 aliphatic carbocycles. The first-order valence-electron chi connectivity index (χ1n) is 15.1. The molecule has 8 rings (SSSR count). The first kappa shape index (κ1) is 26.6. The van der Waals surface area contributed by atoms with Gasteiger partial charge in [0.2, 0.25) is 0 Å². The van der Waals surface area contributed by atoms with Crippen molar-refractivity contribution in [3.8, 4) is 22.7 Å². The number of halogens is 1. The third kappa shape index (κ3) is 4.97. The number of carbonyl (C=O) groups is 1. The Labute approximate surface area is 252 Å². The number of rotatable bonds is 7. The molecule has 0 unspecified atom stereocenters. The SMILES string of the molecule is O=C1Cc2c(F)cccc2C(c2ccccc2)=N[C@@H]1Nc1nnc(-c2cn(C3CCCC3)nc2-c2cnc(C3CC3)nc2)o1. The molecule has 1 atom stereocenters. The molecule has 220 valence electrons. The summed E-state index contributed by atoms with van der Waals surface area (Å²) in [6.45, 7) is 0. The van der Waals surface area contributed by atoms with Gasteiger partial charge in [-0.25, -0.2) is 14.4 Å².